The van der Waals surface area contributed by atoms with Crippen LogP contribution in [0.25, 0.3) is 5.57 Å². The van der Waals surface area contributed by atoms with Crippen molar-refractivity contribution in [2.45, 2.75) is 99.3 Å². The van der Waals surface area contributed by atoms with E-state index in [9.17, 15) is 49.5 Å². The quantitative estimate of drug-likeness (QED) is 0.145. The van der Waals surface area contributed by atoms with Gasteiger partial charge < -0.3 is 54.5 Å². The molecule has 5 rings (SSSR count). The van der Waals surface area contributed by atoms with E-state index in [0.717, 1.165) is 21.0 Å². The third-order valence-corrected chi connectivity index (χ3v) is 10.9. The predicted octanol–water partition coefficient (Wildman–Crippen LogP) is 3.68. The maximum Gasteiger partial charge on any atom is 0.313 e. The molecule has 0 saturated heterocycles. The summed E-state index contributed by atoms with van der Waals surface area (Å²) < 4.78 is 28.0. The van der Waals surface area contributed by atoms with Gasteiger partial charge in [0.15, 0.2) is 11.5 Å². The van der Waals surface area contributed by atoms with Crippen molar-refractivity contribution in [3.8, 4) is 11.5 Å². The molecular formula is C42H53NO15. The number of amides is 1. The second-order valence-corrected chi connectivity index (χ2v) is 15.3. The average molecular weight is 812 g/mol. The molecule has 9 atom stereocenters. The smallest absolute Gasteiger partial charge is 0.313 e. The standard InChI is InChI=1S/C42H53NO15/c1-17-13-12-14-18(2)40(51)43-30-20(4)38(58-25(9)45)26-27(34(30)49)31(46)22(6)37-28(26)36(55-16-56-37)19(3)15-42(10,53)39(50)23(7)33(48)29(41(52)54-11)32(47)21(5)35(17)57-24(8)44/h12-15,17,21,23,29,32-33,35,39,47-50,53H,16H2,1-11H3,(H,43,51)/t17-,21+,23-,29-,32-,33+,35-,39-,42+/m1/s1. The largest absolute Gasteiger partial charge is 0.505 e. The first-order valence-electron chi connectivity index (χ1n) is 18.7. The summed E-state index contributed by atoms with van der Waals surface area (Å²) in [6, 6.07) is 0. The van der Waals surface area contributed by atoms with Crippen LogP contribution in [0.1, 0.15) is 83.8 Å². The fourth-order valence-corrected chi connectivity index (χ4v) is 7.67. The molecule has 1 aromatic carbocycles. The van der Waals surface area contributed by atoms with Crippen molar-refractivity contribution in [1.82, 2.24) is 0 Å². The van der Waals surface area contributed by atoms with Crippen LogP contribution in [0.4, 0.5) is 5.69 Å². The third kappa shape index (κ3) is 8.74. The zero-order chi connectivity index (χ0) is 43.7. The van der Waals surface area contributed by atoms with Crippen LogP contribution < -0.4 is 10.1 Å². The van der Waals surface area contributed by atoms with Gasteiger partial charge in [-0.2, -0.15) is 0 Å². The molecule has 1 aromatic rings. The molecule has 0 saturated carbocycles. The van der Waals surface area contributed by atoms with Crippen molar-refractivity contribution < 1.29 is 73.2 Å². The third-order valence-electron chi connectivity index (χ3n) is 10.9. The molecule has 0 radical (unpaired) electrons. The van der Waals surface area contributed by atoms with Crippen LogP contribution in [0.3, 0.4) is 0 Å². The molecule has 1 aliphatic carbocycles. The Kier molecular flexibility index (Phi) is 13.8. The first-order chi connectivity index (χ1) is 27.0. The lowest BCUT2D eigenvalue weighted by Crippen LogP contribution is -2.53. The summed E-state index contributed by atoms with van der Waals surface area (Å²) in [7, 11) is 1.05. The number of phenols is 1. The van der Waals surface area contributed by atoms with Crippen LogP contribution in [0.15, 0.2) is 52.5 Å². The number of hydrogen-bond acceptors (Lipinski definition) is 15. The summed E-state index contributed by atoms with van der Waals surface area (Å²) in [5.41, 5.74) is -2.47. The Hall–Kier alpha value is -5.29. The van der Waals surface area contributed by atoms with E-state index in [-0.39, 0.29) is 61.9 Å². The zero-order valence-electron chi connectivity index (χ0n) is 34.5. The van der Waals surface area contributed by atoms with Crippen molar-refractivity contribution in [2.75, 3.05) is 19.2 Å². The highest BCUT2D eigenvalue weighted by Crippen LogP contribution is 2.53. The van der Waals surface area contributed by atoms with E-state index in [0.29, 0.717) is 0 Å². The number of carbonyl (C=O) groups excluding carboxylic acids is 5. The Labute approximate surface area is 336 Å². The predicted molar refractivity (Wildman–Crippen MR) is 208 cm³/mol. The van der Waals surface area contributed by atoms with E-state index in [1.165, 1.54) is 66.7 Å². The summed E-state index contributed by atoms with van der Waals surface area (Å²) in [4.78, 5) is 65.7. The number of ether oxygens (including phenoxy) is 5. The molecule has 58 heavy (non-hydrogen) atoms. The van der Waals surface area contributed by atoms with Crippen molar-refractivity contribution in [1.29, 1.82) is 0 Å². The molecule has 0 fully saturated rings. The Morgan fingerprint density at radius 1 is 0.897 bits per heavy atom. The van der Waals surface area contributed by atoms with Gasteiger partial charge >= 0.3 is 17.9 Å². The van der Waals surface area contributed by atoms with Crippen LogP contribution in [0.5, 0.6) is 11.5 Å². The SMILES string of the molecule is COC(=O)[C@@H]1[C@H](O)[C@H](C)[C@H](OC(C)=O)[C@H](C)C=CC=C(C)C(=O)Nc2c(C)c(OC(C)=O)c3c(c2O)C(=O)C(C)=C2OCOC(=C23)C(C)=C[C@](C)(O)[C@H](O)[C@H](C)[C@@H]1O. The minimum atomic E-state index is -2.20. The number of hydrogen-bond donors (Lipinski definition) is 6. The van der Waals surface area contributed by atoms with Gasteiger partial charge in [-0.05, 0) is 46.3 Å². The number of aromatic hydroxyl groups is 1. The van der Waals surface area contributed by atoms with Gasteiger partial charge in [0.1, 0.15) is 34.9 Å². The first kappa shape index (κ1) is 45.4. The normalized spacial score (nSPS) is 29.7. The second kappa shape index (κ2) is 17.7. The number of aliphatic hydroxyl groups is 4. The van der Waals surface area contributed by atoms with Gasteiger partial charge in [0.2, 0.25) is 6.79 Å². The highest BCUT2D eigenvalue weighted by Gasteiger charge is 2.48. The highest BCUT2D eigenvalue weighted by atomic mass is 16.7. The summed E-state index contributed by atoms with van der Waals surface area (Å²) in [6.07, 6.45) is -0.755. The lowest BCUT2D eigenvalue weighted by Gasteiger charge is -2.39. The van der Waals surface area contributed by atoms with Crippen molar-refractivity contribution in [3.63, 3.8) is 0 Å². The molecule has 1 amide bonds. The maximum atomic E-state index is 14.0. The maximum absolute atomic E-state index is 14.0. The van der Waals surface area contributed by atoms with Gasteiger partial charge in [-0.15, -0.1) is 0 Å². The Morgan fingerprint density at radius 3 is 2.09 bits per heavy atom. The lowest BCUT2D eigenvalue weighted by molar-refractivity contribution is -0.171. The molecule has 16 heteroatoms. The second-order valence-electron chi connectivity index (χ2n) is 15.3. The number of rotatable bonds is 3. The molecule has 16 nitrogen and oxygen atoms in total. The van der Waals surface area contributed by atoms with Crippen molar-refractivity contribution >= 4 is 40.9 Å². The number of benzene rings is 1. The number of fused-ring (bicyclic) bond motifs is 14. The summed E-state index contributed by atoms with van der Waals surface area (Å²) in [6.45, 7) is 13.5. The van der Waals surface area contributed by atoms with Crippen LogP contribution in [-0.2, 0) is 38.1 Å². The van der Waals surface area contributed by atoms with E-state index in [1.807, 2.05) is 0 Å². The minimum Gasteiger partial charge on any atom is -0.505 e. The van der Waals surface area contributed by atoms with E-state index in [2.05, 4.69) is 5.32 Å². The van der Waals surface area contributed by atoms with Gasteiger partial charge in [0.25, 0.3) is 5.91 Å². The number of methoxy groups -OCH3 is 1. The molecule has 3 aliphatic heterocycles. The molecule has 0 unspecified atom stereocenters. The molecule has 0 spiro atoms. The number of nitrogens with one attached hydrogen (secondary N) is 1. The van der Waals surface area contributed by atoms with Gasteiger partial charge in [0, 0.05) is 53.9 Å². The topological polar surface area (TPSA) is 245 Å². The van der Waals surface area contributed by atoms with Crippen LogP contribution in [0.2, 0.25) is 0 Å². The van der Waals surface area contributed by atoms with E-state index in [4.69, 9.17) is 23.7 Å². The number of allylic oxidation sites excluding steroid dienone is 5. The minimum absolute atomic E-state index is 0.00899. The average Bonchev–Trinajstić information content (AvgIpc) is 3.16. The number of esters is 3. The number of phenolic OH excluding ortho intramolecular Hbond substituents is 1. The van der Waals surface area contributed by atoms with Crippen LogP contribution >= 0.6 is 0 Å². The summed E-state index contributed by atoms with van der Waals surface area (Å²) in [5.74, 6) is -9.54. The molecule has 4 bridgehead atoms. The Bertz CT molecular complexity index is 2040. The summed E-state index contributed by atoms with van der Waals surface area (Å²) >= 11 is 0. The molecular weight excluding hydrogens is 758 g/mol. The van der Waals surface area contributed by atoms with Gasteiger partial charge in [-0.25, -0.2) is 0 Å². The zero-order valence-corrected chi connectivity index (χ0v) is 34.5. The number of carbonyl (C=O) groups is 5. The number of anilines is 1. The number of ketones is 1. The fraction of sp³-hybridized carbons (Fsp3) is 0.500. The Morgan fingerprint density at radius 2 is 1.50 bits per heavy atom. The van der Waals surface area contributed by atoms with Gasteiger partial charge in [-0.3, -0.25) is 24.0 Å². The molecule has 316 valence electrons. The van der Waals surface area contributed by atoms with E-state index >= 15 is 0 Å². The number of aliphatic hydroxyl groups excluding tert-OH is 3. The monoisotopic (exact) mass is 811 g/mol. The molecule has 3 heterocycles. The summed E-state index contributed by atoms with van der Waals surface area (Å²) in [5, 5.41) is 61.2. The van der Waals surface area contributed by atoms with Crippen molar-refractivity contribution in [2.24, 2.45) is 23.7 Å². The Balaban J connectivity index is 2.08. The van der Waals surface area contributed by atoms with E-state index in [1.54, 1.807) is 13.0 Å². The van der Waals surface area contributed by atoms with Crippen molar-refractivity contribution in [3.05, 3.63) is 69.2 Å². The fourth-order valence-electron chi connectivity index (χ4n) is 7.67. The molecule has 4 aliphatic rings. The number of Topliss-reactive ketones (excluding diaryl/α,β-unsaturated/α-hetero) is 1. The first-order valence-corrected chi connectivity index (χ1v) is 18.7. The van der Waals surface area contributed by atoms with Gasteiger partial charge in [-0.1, -0.05) is 39.0 Å². The molecule has 6 N–H and O–H groups in total. The lowest BCUT2D eigenvalue weighted by atomic mass is 9.75. The molecule has 0 aromatic heterocycles. The van der Waals surface area contributed by atoms with Crippen LogP contribution in [0, 0.1) is 30.6 Å². The van der Waals surface area contributed by atoms with Gasteiger partial charge in [0.05, 0.1) is 42.2 Å². The van der Waals surface area contributed by atoms with E-state index < -0.39 is 95.8 Å². The van der Waals surface area contributed by atoms with Crippen LogP contribution in [-0.4, -0.2) is 99.1 Å². The highest BCUT2D eigenvalue weighted by molar-refractivity contribution is 6.21.